The van der Waals surface area contributed by atoms with Crippen LogP contribution in [0.15, 0.2) is 17.2 Å². The van der Waals surface area contributed by atoms with Crippen molar-refractivity contribution in [3.63, 3.8) is 0 Å². The van der Waals surface area contributed by atoms with Gasteiger partial charge >= 0.3 is 0 Å². The Kier molecular flexibility index (Phi) is 5.27. The van der Waals surface area contributed by atoms with Gasteiger partial charge in [-0.25, -0.2) is 10.4 Å². The standard InChI is InChI=1S/C14H17ClN4O2/c1-2-11-6-10(7-12(15)18-11)13(20)16-5-3-4-9-8-17-19-14(9)21/h6-9H,2-5H2,1H3,(H,16,20)(H,19,21). The summed E-state index contributed by atoms with van der Waals surface area (Å²) < 4.78 is 0. The number of rotatable bonds is 6. The lowest BCUT2D eigenvalue weighted by atomic mass is 10.1. The zero-order valence-corrected chi connectivity index (χ0v) is 12.5. The first-order valence-corrected chi connectivity index (χ1v) is 7.25. The van der Waals surface area contributed by atoms with Crippen LogP contribution in [0.5, 0.6) is 0 Å². The van der Waals surface area contributed by atoms with Crippen molar-refractivity contribution in [2.24, 2.45) is 11.0 Å². The quantitative estimate of drug-likeness (QED) is 0.617. The molecule has 1 atom stereocenters. The van der Waals surface area contributed by atoms with E-state index >= 15 is 0 Å². The van der Waals surface area contributed by atoms with E-state index in [9.17, 15) is 9.59 Å². The van der Waals surface area contributed by atoms with Gasteiger partial charge in [0.1, 0.15) is 5.15 Å². The minimum Gasteiger partial charge on any atom is -0.352 e. The average molecular weight is 309 g/mol. The van der Waals surface area contributed by atoms with Crippen LogP contribution in [0.1, 0.15) is 35.8 Å². The van der Waals surface area contributed by atoms with Gasteiger partial charge in [-0.3, -0.25) is 9.59 Å². The Labute approximate surface area is 128 Å². The molecule has 21 heavy (non-hydrogen) atoms. The highest BCUT2D eigenvalue weighted by atomic mass is 35.5. The number of aromatic nitrogens is 1. The van der Waals surface area contributed by atoms with Gasteiger partial charge in [0.05, 0.1) is 5.92 Å². The molecule has 0 aliphatic carbocycles. The van der Waals surface area contributed by atoms with Gasteiger partial charge in [-0.05, 0) is 31.4 Å². The minimum atomic E-state index is -0.191. The first-order chi connectivity index (χ1) is 10.1. The summed E-state index contributed by atoms with van der Waals surface area (Å²) in [5.74, 6) is -0.461. The van der Waals surface area contributed by atoms with E-state index in [4.69, 9.17) is 11.6 Å². The highest BCUT2D eigenvalue weighted by molar-refractivity contribution is 6.29. The highest BCUT2D eigenvalue weighted by Gasteiger charge is 2.19. The van der Waals surface area contributed by atoms with Crippen molar-refractivity contribution in [1.82, 2.24) is 15.7 Å². The van der Waals surface area contributed by atoms with E-state index in [1.807, 2.05) is 6.92 Å². The maximum absolute atomic E-state index is 12.0. The van der Waals surface area contributed by atoms with Gasteiger partial charge in [0.15, 0.2) is 0 Å². The first-order valence-electron chi connectivity index (χ1n) is 6.88. The maximum Gasteiger partial charge on any atom is 0.251 e. The largest absolute Gasteiger partial charge is 0.352 e. The topological polar surface area (TPSA) is 83.5 Å². The van der Waals surface area contributed by atoms with Crippen molar-refractivity contribution in [2.45, 2.75) is 26.2 Å². The monoisotopic (exact) mass is 308 g/mol. The zero-order chi connectivity index (χ0) is 15.2. The van der Waals surface area contributed by atoms with Crippen LogP contribution in [-0.4, -0.2) is 29.6 Å². The lowest BCUT2D eigenvalue weighted by Gasteiger charge is -2.08. The zero-order valence-electron chi connectivity index (χ0n) is 11.7. The number of hydrazone groups is 1. The second-order valence-electron chi connectivity index (χ2n) is 4.78. The Bertz CT molecular complexity index is 574. The smallest absolute Gasteiger partial charge is 0.251 e. The summed E-state index contributed by atoms with van der Waals surface area (Å²) in [6, 6.07) is 3.28. The molecular weight excluding hydrogens is 292 g/mol. The summed E-state index contributed by atoms with van der Waals surface area (Å²) in [4.78, 5) is 27.4. The van der Waals surface area contributed by atoms with E-state index < -0.39 is 0 Å². The van der Waals surface area contributed by atoms with Crippen molar-refractivity contribution in [3.05, 3.63) is 28.5 Å². The van der Waals surface area contributed by atoms with E-state index in [1.54, 1.807) is 18.3 Å². The molecule has 0 saturated carbocycles. The number of hydrogen-bond donors (Lipinski definition) is 2. The van der Waals surface area contributed by atoms with Crippen LogP contribution in [0, 0.1) is 5.92 Å². The Balaban J connectivity index is 1.80. The summed E-state index contributed by atoms with van der Waals surface area (Å²) in [5, 5.41) is 6.84. The molecule has 1 aromatic rings. The maximum atomic E-state index is 12.0. The number of amides is 2. The SMILES string of the molecule is CCc1cc(C(=O)NCCCC2C=NNC2=O)cc(Cl)n1. The lowest BCUT2D eigenvalue weighted by Crippen LogP contribution is -2.26. The molecule has 1 unspecified atom stereocenters. The fourth-order valence-corrected chi connectivity index (χ4v) is 2.26. The fourth-order valence-electron chi connectivity index (χ4n) is 2.04. The van der Waals surface area contributed by atoms with Crippen LogP contribution < -0.4 is 10.7 Å². The Hall–Kier alpha value is -1.95. The predicted octanol–water partition coefficient (Wildman–Crippen LogP) is 1.54. The van der Waals surface area contributed by atoms with Crippen LogP contribution in [0.2, 0.25) is 5.15 Å². The number of carbonyl (C=O) groups is 2. The van der Waals surface area contributed by atoms with Gasteiger partial charge < -0.3 is 5.32 Å². The van der Waals surface area contributed by atoms with Gasteiger partial charge in [-0.2, -0.15) is 5.10 Å². The molecule has 1 aliphatic heterocycles. The fraction of sp³-hybridized carbons (Fsp3) is 0.429. The van der Waals surface area contributed by atoms with Crippen molar-refractivity contribution in [3.8, 4) is 0 Å². The van der Waals surface area contributed by atoms with Crippen molar-refractivity contribution < 1.29 is 9.59 Å². The molecule has 112 valence electrons. The molecule has 1 aliphatic rings. The molecule has 0 radical (unpaired) electrons. The van der Waals surface area contributed by atoms with Gasteiger partial charge in [0, 0.05) is 24.0 Å². The number of halogens is 1. The van der Waals surface area contributed by atoms with Crippen molar-refractivity contribution in [1.29, 1.82) is 0 Å². The Morgan fingerprint density at radius 2 is 2.29 bits per heavy atom. The summed E-state index contributed by atoms with van der Waals surface area (Å²) in [5.41, 5.74) is 3.68. The summed E-state index contributed by atoms with van der Waals surface area (Å²) in [7, 11) is 0. The van der Waals surface area contributed by atoms with Gasteiger partial charge in [-0.1, -0.05) is 18.5 Å². The van der Waals surface area contributed by atoms with E-state index in [-0.39, 0.29) is 17.7 Å². The molecule has 2 amide bonds. The summed E-state index contributed by atoms with van der Waals surface area (Å²) in [6.45, 7) is 2.45. The molecule has 6 nitrogen and oxygen atoms in total. The van der Waals surface area contributed by atoms with Crippen LogP contribution in [-0.2, 0) is 11.2 Å². The number of nitrogens with one attached hydrogen (secondary N) is 2. The van der Waals surface area contributed by atoms with Crippen LogP contribution in [0.4, 0.5) is 0 Å². The normalized spacial score (nSPS) is 16.9. The second-order valence-corrected chi connectivity index (χ2v) is 5.17. The Morgan fingerprint density at radius 1 is 1.48 bits per heavy atom. The molecular formula is C14H17ClN4O2. The minimum absolute atomic E-state index is 0.0881. The molecule has 0 spiro atoms. The van der Waals surface area contributed by atoms with E-state index in [0.717, 1.165) is 12.1 Å². The Morgan fingerprint density at radius 3 is 2.95 bits per heavy atom. The van der Waals surface area contributed by atoms with Crippen LogP contribution in [0.25, 0.3) is 0 Å². The van der Waals surface area contributed by atoms with Gasteiger partial charge in [0.25, 0.3) is 5.91 Å². The number of carbonyl (C=O) groups excluding carboxylic acids is 2. The third-order valence-corrected chi connectivity index (χ3v) is 3.41. The molecule has 0 aromatic carbocycles. The second kappa shape index (κ2) is 7.17. The first kappa shape index (κ1) is 15.4. The number of pyridine rings is 1. The van der Waals surface area contributed by atoms with E-state index in [2.05, 4.69) is 20.8 Å². The summed E-state index contributed by atoms with van der Waals surface area (Å²) >= 11 is 5.89. The van der Waals surface area contributed by atoms with E-state index in [0.29, 0.717) is 30.1 Å². The van der Waals surface area contributed by atoms with E-state index in [1.165, 1.54) is 0 Å². The molecule has 2 rings (SSSR count). The molecule has 1 aromatic heterocycles. The summed E-state index contributed by atoms with van der Waals surface area (Å²) in [6.07, 6.45) is 3.68. The number of hydrogen-bond acceptors (Lipinski definition) is 4. The van der Waals surface area contributed by atoms with Crippen LogP contribution >= 0.6 is 11.6 Å². The van der Waals surface area contributed by atoms with Crippen molar-refractivity contribution in [2.75, 3.05) is 6.54 Å². The molecule has 2 N–H and O–H groups in total. The average Bonchev–Trinajstić information content (AvgIpc) is 2.88. The van der Waals surface area contributed by atoms with Gasteiger partial charge in [-0.15, -0.1) is 0 Å². The number of nitrogens with zero attached hydrogens (tertiary/aromatic N) is 2. The molecule has 2 heterocycles. The molecule has 7 heteroatoms. The molecule has 0 saturated heterocycles. The molecule has 0 bridgehead atoms. The molecule has 0 fully saturated rings. The third kappa shape index (κ3) is 4.26. The van der Waals surface area contributed by atoms with Gasteiger partial charge in [0.2, 0.25) is 5.91 Å². The van der Waals surface area contributed by atoms with Crippen molar-refractivity contribution >= 4 is 29.6 Å². The highest BCUT2D eigenvalue weighted by Crippen LogP contribution is 2.12. The predicted molar refractivity (Wildman–Crippen MR) is 80.3 cm³/mol. The lowest BCUT2D eigenvalue weighted by molar-refractivity contribution is -0.122. The number of aryl methyl sites for hydroxylation is 1. The third-order valence-electron chi connectivity index (χ3n) is 3.22. The van der Waals surface area contributed by atoms with Crippen LogP contribution in [0.3, 0.4) is 0 Å².